The van der Waals surface area contributed by atoms with Crippen LogP contribution in [0.1, 0.15) is 68.7 Å². The summed E-state index contributed by atoms with van der Waals surface area (Å²) in [7, 11) is 1.79. The highest BCUT2D eigenvalue weighted by Crippen LogP contribution is 2.45. The van der Waals surface area contributed by atoms with E-state index in [1.54, 1.807) is 7.05 Å². The summed E-state index contributed by atoms with van der Waals surface area (Å²) < 4.78 is 0. The van der Waals surface area contributed by atoms with Crippen molar-refractivity contribution in [1.82, 2.24) is 4.98 Å². The van der Waals surface area contributed by atoms with Crippen molar-refractivity contribution in [2.75, 3.05) is 7.05 Å². The van der Waals surface area contributed by atoms with Crippen LogP contribution in [0.3, 0.4) is 0 Å². The third-order valence-corrected chi connectivity index (χ3v) is 4.91. The average Bonchev–Trinajstić information content (AvgIpc) is 2.47. The van der Waals surface area contributed by atoms with Gasteiger partial charge in [-0.2, -0.15) is 0 Å². The van der Waals surface area contributed by atoms with Crippen LogP contribution in [-0.2, 0) is 11.2 Å². The summed E-state index contributed by atoms with van der Waals surface area (Å²) in [5.41, 5.74) is 3.54. The zero-order chi connectivity index (χ0) is 16.2. The minimum absolute atomic E-state index is 0.0536. The second kappa shape index (κ2) is 7.03. The van der Waals surface area contributed by atoms with Gasteiger partial charge >= 0.3 is 5.97 Å². The molecule has 0 aliphatic heterocycles. The second-order valence-electron chi connectivity index (χ2n) is 6.66. The van der Waals surface area contributed by atoms with Crippen molar-refractivity contribution in [3.63, 3.8) is 0 Å². The molecule has 0 atom stereocenters. The Morgan fingerprint density at radius 3 is 2.73 bits per heavy atom. The van der Waals surface area contributed by atoms with Gasteiger partial charge in [0.1, 0.15) is 0 Å². The largest absolute Gasteiger partial charge is 0.481 e. The molecule has 120 valence electrons. The fourth-order valence-corrected chi connectivity index (χ4v) is 3.62. The van der Waals surface area contributed by atoms with E-state index in [1.807, 2.05) is 12.4 Å². The van der Waals surface area contributed by atoms with Crippen molar-refractivity contribution >= 4 is 12.2 Å². The number of aromatic nitrogens is 1. The molecule has 1 aromatic heterocycles. The number of rotatable bonds is 5. The molecular formula is C18H26N2O2. The Morgan fingerprint density at radius 1 is 1.50 bits per heavy atom. The molecule has 1 aromatic rings. The summed E-state index contributed by atoms with van der Waals surface area (Å²) in [6, 6.07) is 2.11. The standard InChI is InChI=1S/C18H26N2O2/c1-4-16-15(12-19-3)14(7-10-20-16)13-5-8-18(2,9-6-13)11-17(21)22/h7,10,12-13H,4-6,8-9,11H2,1-3H3,(H,21,22). The van der Waals surface area contributed by atoms with Crippen molar-refractivity contribution in [3.8, 4) is 0 Å². The summed E-state index contributed by atoms with van der Waals surface area (Å²) in [4.78, 5) is 19.7. The lowest BCUT2D eigenvalue weighted by Crippen LogP contribution is -2.27. The van der Waals surface area contributed by atoms with Crippen molar-refractivity contribution in [2.45, 2.75) is 58.3 Å². The fourth-order valence-electron chi connectivity index (χ4n) is 3.62. The molecule has 0 spiro atoms. The van der Waals surface area contributed by atoms with Crippen LogP contribution in [0, 0.1) is 5.41 Å². The average molecular weight is 302 g/mol. The maximum absolute atomic E-state index is 11.0. The van der Waals surface area contributed by atoms with Crippen molar-refractivity contribution < 1.29 is 9.90 Å². The van der Waals surface area contributed by atoms with E-state index in [-0.39, 0.29) is 11.8 Å². The summed E-state index contributed by atoms with van der Waals surface area (Å²) in [5.74, 6) is -0.194. The molecule has 1 N–H and O–H groups in total. The molecule has 0 radical (unpaired) electrons. The summed E-state index contributed by atoms with van der Waals surface area (Å²) in [5, 5.41) is 9.07. The van der Waals surface area contributed by atoms with Crippen LogP contribution >= 0.6 is 0 Å². The van der Waals surface area contributed by atoms with Gasteiger partial charge in [-0.05, 0) is 55.1 Å². The normalized spacial score (nSPS) is 25.5. The van der Waals surface area contributed by atoms with E-state index >= 15 is 0 Å². The first-order valence-electron chi connectivity index (χ1n) is 8.11. The van der Waals surface area contributed by atoms with E-state index in [2.05, 4.69) is 29.9 Å². The molecule has 0 saturated heterocycles. The van der Waals surface area contributed by atoms with Gasteiger partial charge in [-0.15, -0.1) is 0 Å². The lowest BCUT2D eigenvalue weighted by Gasteiger charge is -2.37. The molecule has 0 aromatic carbocycles. The third-order valence-electron chi connectivity index (χ3n) is 4.91. The number of hydrogen-bond acceptors (Lipinski definition) is 3. The lowest BCUT2D eigenvalue weighted by atomic mass is 9.68. The number of carboxylic acid groups (broad SMARTS) is 1. The van der Waals surface area contributed by atoms with E-state index in [9.17, 15) is 4.79 Å². The van der Waals surface area contributed by atoms with Gasteiger partial charge in [-0.1, -0.05) is 13.8 Å². The zero-order valence-corrected chi connectivity index (χ0v) is 13.8. The highest BCUT2D eigenvalue weighted by atomic mass is 16.4. The topological polar surface area (TPSA) is 62.5 Å². The number of aliphatic carboxylic acids is 1. The van der Waals surface area contributed by atoms with Crippen molar-refractivity contribution in [3.05, 3.63) is 29.1 Å². The SMILES string of the molecule is CCc1nccc(C2CCC(C)(CC(=O)O)CC2)c1C=NC. The quantitative estimate of drug-likeness (QED) is 0.841. The van der Waals surface area contributed by atoms with Crippen LogP contribution in [0.4, 0.5) is 0 Å². The smallest absolute Gasteiger partial charge is 0.303 e. The zero-order valence-electron chi connectivity index (χ0n) is 13.8. The predicted molar refractivity (Wildman–Crippen MR) is 88.7 cm³/mol. The number of aliphatic imine (C=N–C) groups is 1. The van der Waals surface area contributed by atoms with E-state index in [4.69, 9.17) is 5.11 Å². The summed E-state index contributed by atoms with van der Waals surface area (Å²) >= 11 is 0. The van der Waals surface area contributed by atoms with Gasteiger partial charge in [0.25, 0.3) is 0 Å². The molecule has 0 amide bonds. The maximum atomic E-state index is 11.0. The van der Waals surface area contributed by atoms with Crippen molar-refractivity contribution in [1.29, 1.82) is 0 Å². The van der Waals surface area contributed by atoms with Crippen LogP contribution in [0.2, 0.25) is 0 Å². The van der Waals surface area contributed by atoms with Gasteiger partial charge in [0.05, 0.1) is 6.42 Å². The number of hydrogen-bond donors (Lipinski definition) is 1. The lowest BCUT2D eigenvalue weighted by molar-refractivity contribution is -0.140. The van der Waals surface area contributed by atoms with Gasteiger partial charge in [-0.25, -0.2) is 0 Å². The maximum Gasteiger partial charge on any atom is 0.303 e. The molecule has 4 nitrogen and oxygen atoms in total. The summed E-state index contributed by atoms with van der Waals surface area (Å²) in [6.45, 7) is 4.22. The van der Waals surface area contributed by atoms with Crippen LogP contribution in [0.25, 0.3) is 0 Å². The molecule has 1 heterocycles. The number of carboxylic acids is 1. The first kappa shape index (κ1) is 16.7. The number of aryl methyl sites for hydroxylation is 1. The second-order valence-corrected chi connectivity index (χ2v) is 6.66. The minimum atomic E-state index is -0.683. The van der Waals surface area contributed by atoms with E-state index in [0.717, 1.165) is 37.8 Å². The van der Waals surface area contributed by atoms with Gasteiger partial charge in [0, 0.05) is 30.7 Å². The van der Waals surface area contributed by atoms with Gasteiger partial charge in [0.2, 0.25) is 0 Å². The molecular weight excluding hydrogens is 276 g/mol. The van der Waals surface area contributed by atoms with E-state index in [1.165, 1.54) is 11.1 Å². The van der Waals surface area contributed by atoms with Gasteiger partial charge < -0.3 is 5.11 Å². The van der Waals surface area contributed by atoms with Crippen LogP contribution in [-0.4, -0.2) is 29.3 Å². The number of nitrogens with zero attached hydrogens (tertiary/aromatic N) is 2. The van der Waals surface area contributed by atoms with Gasteiger partial charge in [-0.3, -0.25) is 14.8 Å². The van der Waals surface area contributed by atoms with Crippen molar-refractivity contribution in [2.24, 2.45) is 10.4 Å². The van der Waals surface area contributed by atoms with E-state index in [0.29, 0.717) is 5.92 Å². The molecule has 1 saturated carbocycles. The Kier molecular flexibility index (Phi) is 5.33. The molecule has 1 aliphatic carbocycles. The molecule has 0 bridgehead atoms. The van der Waals surface area contributed by atoms with Crippen LogP contribution in [0.5, 0.6) is 0 Å². The molecule has 2 rings (SSSR count). The van der Waals surface area contributed by atoms with Gasteiger partial charge in [0.15, 0.2) is 0 Å². The molecule has 22 heavy (non-hydrogen) atoms. The highest BCUT2D eigenvalue weighted by molar-refractivity contribution is 5.83. The van der Waals surface area contributed by atoms with Crippen LogP contribution in [0.15, 0.2) is 17.3 Å². The number of carbonyl (C=O) groups is 1. The first-order valence-corrected chi connectivity index (χ1v) is 8.11. The Bertz CT molecular complexity index is 558. The first-order chi connectivity index (χ1) is 10.5. The molecule has 0 unspecified atom stereocenters. The van der Waals surface area contributed by atoms with Crippen LogP contribution < -0.4 is 0 Å². The Hall–Kier alpha value is -1.71. The van der Waals surface area contributed by atoms with E-state index < -0.39 is 5.97 Å². The summed E-state index contributed by atoms with van der Waals surface area (Å²) in [6.07, 6.45) is 9.02. The Balaban J connectivity index is 2.19. The number of pyridine rings is 1. The Labute approximate surface area is 132 Å². The predicted octanol–water partition coefficient (Wildman–Crippen LogP) is 3.83. The molecule has 1 aliphatic rings. The monoisotopic (exact) mass is 302 g/mol. The highest BCUT2D eigenvalue weighted by Gasteiger charge is 2.34. The molecule has 1 fully saturated rings. The fraction of sp³-hybridized carbons (Fsp3) is 0.611. The minimum Gasteiger partial charge on any atom is -0.481 e. The molecule has 4 heteroatoms. The Morgan fingerprint density at radius 2 is 2.18 bits per heavy atom. The third kappa shape index (κ3) is 3.73.